The van der Waals surface area contributed by atoms with Gasteiger partial charge in [-0.05, 0) is 96.7 Å². The number of rotatable bonds is 6. The summed E-state index contributed by atoms with van der Waals surface area (Å²) in [4.78, 5) is 2.43. The minimum atomic E-state index is 1.11. The summed E-state index contributed by atoms with van der Waals surface area (Å²) in [7, 11) is 0. The van der Waals surface area contributed by atoms with Crippen molar-refractivity contribution in [2.75, 3.05) is 4.90 Å². The van der Waals surface area contributed by atoms with Crippen LogP contribution in [0.2, 0.25) is 0 Å². The highest BCUT2D eigenvalue weighted by Crippen LogP contribution is 2.45. The molecule has 0 aliphatic heterocycles. The van der Waals surface area contributed by atoms with E-state index >= 15 is 0 Å². The topological polar surface area (TPSA) is 3.24 Å². The Hall–Kier alpha value is -6.44. The molecular formula is C48H33N. The van der Waals surface area contributed by atoms with Crippen molar-refractivity contribution in [2.45, 2.75) is 0 Å². The first-order chi connectivity index (χ1) is 24.3. The normalized spacial score (nSPS) is 11.3. The molecular weight excluding hydrogens is 591 g/mol. The second-order valence-electron chi connectivity index (χ2n) is 12.6. The molecule has 9 rings (SSSR count). The minimum Gasteiger partial charge on any atom is -0.310 e. The molecule has 0 spiro atoms. The van der Waals surface area contributed by atoms with Crippen LogP contribution in [0.3, 0.4) is 0 Å². The lowest BCUT2D eigenvalue weighted by molar-refractivity contribution is 1.30. The van der Waals surface area contributed by atoms with Crippen LogP contribution >= 0.6 is 0 Å². The van der Waals surface area contributed by atoms with Crippen molar-refractivity contribution >= 4 is 49.4 Å². The minimum absolute atomic E-state index is 1.11. The molecule has 0 radical (unpaired) electrons. The number of anilines is 3. The molecule has 0 N–H and O–H groups in total. The van der Waals surface area contributed by atoms with Crippen molar-refractivity contribution in [1.29, 1.82) is 0 Å². The highest BCUT2D eigenvalue weighted by Gasteiger charge is 2.19. The highest BCUT2D eigenvalue weighted by atomic mass is 15.1. The molecule has 0 unspecified atom stereocenters. The zero-order chi connectivity index (χ0) is 32.6. The van der Waals surface area contributed by atoms with E-state index in [2.05, 4.69) is 205 Å². The van der Waals surface area contributed by atoms with E-state index < -0.39 is 0 Å². The van der Waals surface area contributed by atoms with Crippen molar-refractivity contribution in [3.05, 3.63) is 200 Å². The zero-order valence-corrected chi connectivity index (χ0v) is 27.0. The Morgan fingerprint density at radius 3 is 1.55 bits per heavy atom. The van der Waals surface area contributed by atoms with Crippen LogP contribution in [0.25, 0.3) is 65.7 Å². The van der Waals surface area contributed by atoms with Crippen LogP contribution in [0.4, 0.5) is 17.1 Å². The fourth-order valence-corrected chi connectivity index (χ4v) is 7.22. The van der Waals surface area contributed by atoms with Gasteiger partial charge in [-0.3, -0.25) is 0 Å². The Labute approximate surface area is 287 Å². The molecule has 1 heteroatoms. The summed E-state index contributed by atoms with van der Waals surface area (Å²) in [6.07, 6.45) is 0. The van der Waals surface area contributed by atoms with Crippen LogP contribution in [0.15, 0.2) is 200 Å². The Morgan fingerprint density at radius 2 is 0.816 bits per heavy atom. The molecule has 1 nitrogen and oxygen atoms in total. The van der Waals surface area contributed by atoms with Gasteiger partial charge in [0.05, 0.1) is 5.69 Å². The van der Waals surface area contributed by atoms with Gasteiger partial charge < -0.3 is 4.90 Å². The molecule has 0 saturated carbocycles. The van der Waals surface area contributed by atoms with E-state index in [-0.39, 0.29) is 0 Å². The first kappa shape index (κ1) is 28.8. The van der Waals surface area contributed by atoms with Crippen molar-refractivity contribution in [2.24, 2.45) is 0 Å². The van der Waals surface area contributed by atoms with Gasteiger partial charge in [0, 0.05) is 16.8 Å². The summed E-state index contributed by atoms with van der Waals surface area (Å²) < 4.78 is 0. The van der Waals surface area contributed by atoms with Gasteiger partial charge in [-0.15, -0.1) is 0 Å². The largest absolute Gasteiger partial charge is 0.310 e. The summed E-state index contributed by atoms with van der Waals surface area (Å²) in [6, 6.07) is 72.5. The van der Waals surface area contributed by atoms with Crippen LogP contribution in [0.1, 0.15) is 0 Å². The lowest BCUT2D eigenvalue weighted by atomic mass is 9.93. The maximum atomic E-state index is 2.43. The van der Waals surface area contributed by atoms with E-state index in [1.54, 1.807) is 0 Å². The summed E-state index contributed by atoms with van der Waals surface area (Å²) in [5.41, 5.74) is 10.6. The molecule has 0 aromatic heterocycles. The Balaban J connectivity index is 1.27. The van der Waals surface area contributed by atoms with E-state index in [0.29, 0.717) is 0 Å². The van der Waals surface area contributed by atoms with Gasteiger partial charge in [0.25, 0.3) is 0 Å². The first-order valence-corrected chi connectivity index (χ1v) is 16.8. The zero-order valence-electron chi connectivity index (χ0n) is 27.0. The highest BCUT2D eigenvalue weighted by molar-refractivity contribution is 6.14. The lowest BCUT2D eigenvalue weighted by Gasteiger charge is -2.29. The third kappa shape index (κ3) is 5.32. The predicted molar refractivity (Wildman–Crippen MR) is 210 cm³/mol. The third-order valence-corrected chi connectivity index (χ3v) is 9.63. The SMILES string of the molecule is c1ccc(-c2ccc(N(c3ccc(-c4ccc5ccccc5c4)cc3)c3cc4ccccc4c4ccccc34)cc2-c2ccccc2)cc1. The average Bonchev–Trinajstić information content (AvgIpc) is 3.19. The number of hydrogen-bond donors (Lipinski definition) is 0. The molecule has 0 heterocycles. The molecule has 0 saturated heterocycles. The maximum Gasteiger partial charge on any atom is 0.0546 e. The van der Waals surface area contributed by atoms with Crippen LogP contribution in [-0.2, 0) is 0 Å². The van der Waals surface area contributed by atoms with E-state index in [1.165, 1.54) is 65.7 Å². The molecule has 0 bridgehead atoms. The Morgan fingerprint density at radius 1 is 0.265 bits per heavy atom. The average molecular weight is 624 g/mol. The summed E-state index contributed by atoms with van der Waals surface area (Å²) in [5.74, 6) is 0. The standard InChI is InChI=1S/C48H33N/c1-3-14-36(15-4-1)44-30-29-42(33-47(44)37-16-5-2-6-17-37)49(48-32-40-19-9-10-20-43(40)45-21-11-12-22-46(45)48)41-27-25-35(26-28-41)39-24-23-34-13-7-8-18-38(34)31-39/h1-33H. The number of nitrogens with zero attached hydrogens (tertiary/aromatic N) is 1. The predicted octanol–water partition coefficient (Wildman–Crippen LogP) is 13.6. The summed E-state index contributed by atoms with van der Waals surface area (Å²) >= 11 is 0. The summed E-state index contributed by atoms with van der Waals surface area (Å²) in [5, 5.41) is 7.45. The molecule has 230 valence electrons. The smallest absolute Gasteiger partial charge is 0.0546 e. The Bertz CT molecular complexity index is 2590. The second kappa shape index (κ2) is 12.3. The molecule has 0 aliphatic carbocycles. The lowest BCUT2D eigenvalue weighted by Crippen LogP contribution is -2.11. The van der Waals surface area contributed by atoms with Gasteiger partial charge in [-0.1, -0.05) is 164 Å². The van der Waals surface area contributed by atoms with Gasteiger partial charge in [0.1, 0.15) is 0 Å². The van der Waals surface area contributed by atoms with E-state index in [1.807, 2.05) is 0 Å². The molecule has 0 aliphatic rings. The van der Waals surface area contributed by atoms with Crippen molar-refractivity contribution in [3.63, 3.8) is 0 Å². The number of benzene rings is 9. The fraction of sp³-hybridized carbons (Fsp3) is 0. The molecule has 0 fully saturated rings. The van der Waals surface area contributed by atoms with Crippen molar-refractivity contribution in [1.82, 2.24) is 0 Å². The summed E-state index contributed by atoms with van der Waals surface area (Å²) in [6.45, 7) is 0. The number of hydrogen-bond acceptors (Lipinski definition) is 1. The van der Waals surface area contributed by atoms with Gasteiger partial charge in [-0.2, -0.15) is 0 Å². The molecule has 9 aromatic carbocycles. The quantitative estimate of drug-likeness (QED) is 0.167. The van der Waals surface area contributed by atoms with Crippen LogP contribution in [-0.4, -0.2) is 0 Å². The van der Waals surface area contributed by atoms with Crippen LogP contribution < -0.4 is 4.90 Å². The molecule has 0 amide bonds. The number of fused-ring (bicyclic) bond motifs is 4. The van der Waals surface area contributed by atoms with Crippen LogP contribution in [0.5, 0.6) is 0 Å². The third-order valence-electron chi connectivity index (χ3n) is 9.63. The monoisotopic (exact) mass is 623 g/mol. The van der Waals surface area contributed by atoms with Crippen LogP contribution in [0, 0.1) is 0 Å². The van der Waals surface area contributed by atoms with E-state index in [4.69, 9.17) is 0 Å². The van der Waals surface area contributed by atoms with Gasteiger partial charge in [-0.25, -0.2) is 0 Å². The van der Waals surface area contributed by atoms with Crippen molar-refractivity contribution in [3.8, 4) is 33.4 Å². The van der Waals surface area contributed by atoms with Gasteiger partial charge in [0.2, 0.25) is 0 Å². The van der Waals surface area contributed by atoms with Gasteiger partial charge >= 0.3 is 0 Å². The maximum absolute atomic E-state index is 2.43. The first-order valence-electron chi connectivity index (χ1n) is 16.8. The van der Waals surface area contributed by atoms with E-state index in [0.717, 1.165) is 17.1 Å². The fourth-order valence-electron chi connectivity index (χ4n) is 7.22. The Kier molecular flexibility index (Phi) is 7.22. The van der Waals surface area contributed by atoms with Crippen molar-refractivity contribution < 1.29 is 0 Å². The van der Waals surface area contributed by atoms with E-state index in [9.17, 15) is 0 Å². The van der Waals surface area contributed by atoms with Gasteiger partial charge in [0.15, 0.2) is 0 Å². The second-order valence-corrected chi connectivity index (χ2v) is 12.6. The molecule has 9 aromatic rings. The molecule has 0 atom stereocenters. The molecule has 49 heavy (non-hydrogen) atoms.